The van der Waals surface area contributed by atoms with Gasteiger partial charge in [0.15, 0.2) is 6.61 Å². The lowest BCUT2D eigenvalue weighted by Gasteiger charge is -2.12. The molecule has 3 aromatic rings. The molecule has 0 fully saturated rings. The molecule has 0 heterocycles. The average molecular weight is 393 g/mol. The molecule has 3 aromatic carbocycles. The van der Waals surface area contributed by atoms with E-state index in [4.69, 9.17) is 9.47 Å². The van der Waals surface area contributed by atoms with Crippen LogP contribution in [-0.2, 0) is 14.3 Å². The predicted octanol–water partition coefficient (Wildman–Crippen LogP) is 3.43. The first-order valence-corrected chi connectivity index (χ1v) is 8.74. The first-order chi connectivity index (χ1) is 14.0. The molecule has 7 nitrogen and oxygen atoms in total. The first-order valence-electron chi connectivity index (χ1n) is 8.74. The minimum Gasteiger partial charge on any atom is -0.496 e. The molecule has 0 aromatic heterocycles. The number of amides is 1. The fraction of sp³-hybridized carbons (Fsp3) is 0.136. The Morgan fingerprint density at radius 3 is 2.17 bits per heavy atom. The molecule has 0 aliphatic heterocycles. The third-order valence-electron chi connectivity index (χ3n) is 4.23. The maximum atomic E-state index is 12.5. The summed E-state index contributed by atoms with van der Waals surface area (Å²) in [6, 6.07) is 17.3. The van der Waals surface area contributed by atoms with E-state index in [0.717, 1.165) is 10.8 Å². The topological polar surface area (TPSA) is 90.9 Å². The van der Waals surface area contributed by atoms with Crippen LogP contribution in [-0.4, -0.2) is 38.7 Å². The van der Waals surface area contributed by atoms with Crippen LogP contribution < -0.4 is 10.1 Å². The van der Waals surface area contributed by atoms with E-state index in [1.54, 1.807) is 30.3 Å². The van der Waals surface area contributed by atoms with Gasteiger partial charge in [-0.3, -0.25) is 4.79 Å². The number of hydrogen-bond donors (Lipinski definition) is 1. The Bertz CT molecular complexity index is 1080. The maximum Gasteiger partial charge on any atom is 0.342 e. The molecule has 1 amide bonds. The third-order valence-corrected chi connectivity index (χ3v) is 4.23. The van der Waals surface area contributed by atoms with E-state index in [1.807, 2.05) is 24.3 Å². The monoisotopic (exact) mass is 393 g/mol. The minimum absolute atomic E-state index is 0.200. The van der Waals surface area contributed by atoms with Crippen LogP contribution in [0.1, 0.15) is 20.7 Å². The molecule has 3 rings (SSSR count). The first kappa shape index (κ1) is 19.9. The predicted molar refractivity (Wildman–Crippen MR) is 107 cm³/mol. The normalized spacial score (nSPS) is 10.3. The van der Waals surface area contributed by atoms with Gasteiger partial charge in [-0.2, -0.15) is 0 Å². The number of nitrogens with one attached hydrogen (secondary N) is 1. The number of ether oxygens (including phenoxy) is 3. The summed E-state index contributed by atoms with van der Waals surface area (Å²) in [7, 11) is 2.71. The van der Waals surface area contributed by atoms with Crippen molar-refractivity contribution in [2.45, 2.75) is 0 Å². The standard InChI is InChI=1S/C22H19NO6/c1-27-19-12-15-8-4-3-7-14(15)11-17(19)22(26)29-13-20(24)23-18-10-6-5-9-16(18)21(25)28-2/h3-12H,13H2,1-2H3,(H,23,24). The second-order valence-electron chi connectivity index (χ2n) is 6.06. The highest BCUT2D eigenvalue weighted by molar-refractivity contribution is 6.03. The second-order valence-corrected chi connectivity index (χ2v) is 6.06. The van der Waals surface area contributed by atoms with E-state index >= 15 is 0 Å². The number of methoxy groups -OCH3 is 2. The van der Waals surface area contributed by atoms with Gasteiger partial charge in [0.05, 0.1) is 25.5 Å². The number of esters is 2. The summed E-state index contributed by atoms with van der Waals surface area (Å²) in [6.07, 6.45) is 0. The Kier molecular flexibility index (Phi) is 6.09. The largest absolute Gasteiger partial charge is 0.496 e. The molecule has 0 unspecified atom stereocenters. The second kappa shape index (κ2) is 8.88. The Morgan fingerprint density at radius 2 is 1.48 bits per heavy atom. The number of para-hydroxylation sites is 1. The van der Waals surface area contributed by atoms with Gasteiger partial charge in [0, 0.05) is 0 Å². The van der Waals surface area contributed by atoms with Crippen LogP contribution in [0.4, 0.5) is 5.69 Å². The zero-order chi connectivity index (χ0) is 20.8. The number of fused-ring (bicyclic) bond motifs is 1. The molecular weight excluding hydrogens is 374 g/mol. The van der Waals surface area contributed by atoms with Crippen molar-refractivity contribution in [3.8, 4) is 5.75 Å². The van der Waals surface area contributed by atoms with Crippen molar-refractivity contribution in [1.29, 1.82) is 0 Å². The van der Waals surface area contributed by atoms with Gasteiger partial charge in [0.2, 0.25) is 0 Å². The van der Waals surface area contributed by atoms with Gasteiger partial charge >= 0.3 is 11.9 Å². The van der Waals surface area contributed by atoms with Gasteiger partial charge in [0.25, 0.3) is 5.91 Å². The molecule has 0 spiro atoms. The molecule has 7 heteroatoms. The SMILES string of the molecule is COC(=O)c1ccccc1NC(=O)COC(=O)c1cc2ccccc2cc1OC. The van der Waals surface area contributed by atoms with Crippen molar-refractivity contribution >= 4 is 34.3 Å². The molecule has 0 aliphatic carbocycles. The van der Waals surface area contributed by atoms with Crippen molar-refractivity contribution in [3.05, 3.63) is 71.8 Å². The lowest BCUT2D eigenvalue weighted by Crippen LogP contribution is -2.22. The lowest BCUT2D eigenvalue weighted by atomic mass is 10.1. The Morgan fingerprint density at radius 1 is 0.828 bits per heavy atom. The van der Waals surface area contributed by atoms with Crippen LogP contribution in [0.25, 0.3) is 10.8 Å². The highest BCUT2D eigenvalue weighted by atomic mass is 16.5. The Labute approximate surface area is 167 Å². The summed E-state index contributed by atoms with van der Waals surface area (Å²) in [4.78, 5) is 36.5. The van der Waals surface area contributed by atoms with Crippen LogP contribution in [0.2, 0.25) is 0 Å². The molecule has 1 N–H and O–H groups in total. The molecule has 29 heavy (non-hydrogen) atoms. The van der Waals surface area contributed by atoms with Gasteiger partial charge in [-0.25, -0.2) is 9.59 Å². The van der Waals surface area contributed by atoms with Gasteiger partial charge in [-0.1, -0.05) is 36.4 Å². The molecule has 0 bridgehead atoms. The zero-order valence-electron chi connectivity index (χ0n) is 15.9. The molecule has 0 saturated heterocycles. The van der Waals surface area contributed by atoms with Crippen LogP contribution in [0.15, 0.2) is 60.7 Å². The van der Waals surface area contributed by atoms with E-state index in [9.17, 15) is 14.4 Å². The number of hydrogen-bond acceptors (Lipinski definition) is 6. The molecule has 148 valence electrons. The summed E-state index contributed by atoms with van der Waals surface area (Å²) in [6.45, 7) is -0.523. The van der Waals surface area contributed by atoms with E-state index in [-0.39, 0.29) is 16.8 Å². The number of carbonyl (C=O) groups is 3. The van der Waals surface area contributed by atoms with Gasteiger partial charge < -0.3 is 19.5 Å². The maximum absolute atomic E-state index is 12.5. The molecule has 0 atom stereocenters. The smallest absolute Gasteiger partial charge is 0.342 e. The van der Waals surface area contributed by atoms with Crippen LogP contribution in [0.3, 0.4) is 0 Å². The van der Waals surface area contributed by atoms with Crippen molar-refractivity contribution in [1.82, 2.24) is 0 Å². The van der Waals surface area contributed by atoms with Gasteiger partial charge in [-0.15, -0.1) is 0 Å². The molecular formula is C22H19NO6. The third kappa shape index (κ3) is 4.52. The quantitative estimate of drug-likeness (QED) is 0.645. The fourth-order valence-electron chi connectivity index (χ4n) is 2.82. The number of carbonyl (C=O) groups excluding carboxylic acids is 3. The van der Waals surface area contributed by atoms with Gasteiger partial charge in [-0.05, 0) is 35.0 Å². The minimum atomic E-state index is -0.691. The van der Waals surface area contributed by atoms with Crippen molar-refractivity contribution in [3.63, 3.8) is 0 Å². The van der Waals surface area contributed by atoms with Crippen LogP contribution in [0.5, 0.6) is 5.75 Å². The highest BCUT2D eigenvalue weighted by Gasteiger charge is 2.18. The summed E-state index contributed by atoms with van der Waals surface area (Å²) >= 11 is 0. The van der Waals surface area contributed by atoms with Gasteiger partial charge in [0.1, 0.15) is 11.3 Å². The average Bonchev–Trinajstić information content (AvgIpc) is 2.76. The summed E-state index contributed by atoms with van der Waals surface area (Å²) in [5.41, 5.74) is 0.684. The molecule has 0 aliphatic rings. The summed E-state index contributed by atoms with van der Waals surface area (Å²) < 4.78 is 15.1. The Balaban J connectivity index is 1.71. The fourth-order valence-corrected chi connectivity index (χ4v) is 2.82. The number of anilines is 1. The van der Waals surface area contributed by atoms with Crippen molar-refractivity contribution in [2.24, 2.45) is 0 Å². The highest BCUT2D eigenvalue weighted by Crippen LogP contribution is 2.26. The Hall–Kier alpha value is -3.87. The number of rotatable bonds is 6. The molecule has 0 saturated carbocycles. The van der Waals surface area contributed by atoms with Crippen molar-refractivity contribution in [2.75, 3.05) is 26.1 Å². The molecule has 0 radical (unpaired) electrons. The lowest BCUT2D eigenvalue weighted by molar-refractivity contribution is -0.119. The summed E-state index contributed by atoms with van der Waals surface area (Å²) in [5, 5.41) is 4.30. The van der Waals surface area contributed by atoms with Crippen LogP contribution in [0, 0.1) is 0 Å². The van der Waals surface area contributed by atoms with E-state index in [1.165, 1.54) is 20.3 Å². The number of benzene rings is 3. The van der Waals surface area contributed by atoms with Crippen LogP contribution >= 0.6 is 0 Å². The summed E-state index contributed by atoms with van der Waals surface area (Å²) in [5.74, 6) is -1.51. The van der Waals surface area contributed by atoms with E-state index in [0.29, 0.717) is 5.75 Å². The van der Waals surface area contributed by atoms with E-state index < -0.39 is 24.5 Å². The van der Waals surface area contributed by atoms with Crippen molar-refractivity contribution < 1.29 is 28.6 Å². The zero-order valence-corrected chi connectivity index (χ0v) is 15.9. The van der Waals surface area contributed by atoms with E-state index in [2.05, 4.69) is 10.1 Å².